The number of hydrogen-bond acceptors (Lipinski definition) is 6. The van der Waals surface area contributed by atoms with E-state index in [0.717, 1.165) is 83.5 Å². The number of allylic oxidation sites excluding steroid dienone is 10. The maximum Gasteiger partial charge on any atom is 0.306 e. The first-order valence-electron chi connectivity index (χ1n) is 32.8. The van der Waals surface area contributed by atoms with E-state index >= 15 is 0 Å². The fraction of sp³-hybridized carbons (Fsp3) is 0.812. The summed E-state index contributed by atoms with van der Waals surface area (Å²) in [4.78, 5) is 38.4. The molecule has 0 radical (unpaired) electrons. The molecule has 436 valence electrons. The first kappa shape index (κ1) is 72.1. The van der Waals surface area contributed by atoms with E-state index in [1.165, 1.54) is 218 Å². The Morgan fingerprint density at radius 1 is 0.267 bits per heavy atom. The number of unbranched alkanes of at least 4 members (excludes halogenated alkanes) is 39. The summed E-state index contributed by atoms with van der Waals surface area (Å²) >= 11 is 0. The Labute approximate surface area is 466 Å². The Kier molecular flexibility index (Phi) is 61.2. The molecular formula is C69H124O6. The third kappa shape index (κ3) is 61.8. The SMILES string of the molecule is CCCCC/C=C\C/C=C\C/C=C\CCCCCCCCC(=O)OCC(COC(=O)CCCCCCCCCCCCCCCCCCCCC)OC(=O)CCCCCCCCCCC/C=C\C/C=C\CCCCC. The fourth-order valence-corrected chi connectivity index (χ4v) is 9.54. The third-order valence-electron chi connectivity index (χ3n) is 14.5. The molecule has 0 saturated heterocycles. The predicted molar refractivity (Wildman–Crippen MR) is 325 cm³/mol. The monoisotopic (exact) mass is 1050 g/mol. The maximum absolute atomic E-state index is 12.9. The molecule has 0 aliphatic rings. The highest BCUT2D eigenvalue weighted by Gasteiger charge is 2.19. The molecule has 0 heterocycles. The normalized spacial score (nSPS) is 12.4. The molecule has 0 aliphatic carbocycles. The summed E-state index contributed by atoms with van der Waals surface area (Å²) in [6, 6.07) is 0. The van der Waals surface area contributed by atoms with Crippen LogP contribution in [0.1, 0.15) is 342 Å². The van der Waals surface area contributed by atoms with Gasteiger partial charge in [0, 0.05) is 19.3 Å². The lowest BCUT2D eigenvalue weighted by Gasteiger charge is -2.18. The molecule has 0 aliphatic heterocycles. The Morgan fingerprint density at radius 3 is 0.773 bits per heavy atom. The van der Waals surface area contributed by atoms with Gasteiger partial charge in [-0.05, 0) is 89.9 Å². The molecule has 6 heteroatoms. The van der Waals surface area contributed by atoms with Crippen molar-refractivity contribution in [2.75, 3.05) is 13.2 Å². The van der Waals surface area contributed by atoms with Crippen molar-refractivity contribution in [2.24, 2.45) is 0 Å². The number of carbonyl (C=O) groups is 3. The van der Waals surface area contributed by atoms with Crippen LogP contribution >= 0.6 is 0 Å². The van der Waals surface area contributed by atoms with Crippen LogP contribution in [0.15, 0.2) is 60.8 Å². The zero-order chi connectivity index (χ0) is 54.3. The minimum Gasteiger partial charge on any atom is -0.462 e. The van der Waals surface area contributed by atoms with Gasteiger partial charge in [-0.3, -0.25) is 14.4 Å². The number of ether oxygens (including phenoxy) is 3. The van der Waals surface area contributed by atoms with Gasteiger partial charge in [-0.2, -0.15) is 0 Å². The summed E-state index contributed by atoms with van der Waals surface area (Å²) < 4.78 is 17.0. The van der Waals surface area contributed by atoms with Crippen LogP contribution in [0.25, 0.3) is 0 Å². The van der Waals surface area contributed by atoms with E-state index in [-0.39, 0.29) is 31.1 Å². The Hall–Kier alpha value is -2.89. The van der Waals surface area contributed by atoms with Gasteiger partial charge >= 0.3 is 17.9 Å². The van der Waals surface area contributed by atoms with Gasteiger partial charge < -0.3 is 14.2 Å². The van der Waals surface area contributed by atoms with E-state index < -0.39 is 6.10 Å². The van der Waals surface area contributed by atoms with Crippen LogP contribution in [0.2, 0.25) is 0 Å². The van der Waals surface area contributed by atoms with Crippen LogP contribution in [0.5, 0.6) is 0 Å². The first-order chi connectivity index (χ1) is 37.0. The van der Waals surface area contributed by atoms with Crippen molar-refractivity contribution in [1.29, 1.82) is 0 Å². The van der Waals surface area contributed by atoms with Crippen LogP contribution in [-0.4, -0.2) is 37.2 Å². The molecule has 0 N–H and O–H groups in total. The number of esters is 3. The summed E-state index contributed by atoms with van der Waals surface area (Å²) in [6.45, 7) is 6.63. The van der Waals surface area contributed by atoms with Crippen LogP contribution in [0.4, 0.5) is 0 Å². The molecule has 1 unspecified atom stereocenters. The fourth-order valence-electron chi connectivity index (χ4n) is 9.54. The van der Waals surface area contributed by atoms with Gasteiger partial charge in [-0.25, -0.2) is 0 Å². The van der Waals surface area contributed by atoms with E-state index in [1.54, 1.807) is 0 Å². The Morgan fingerprint density at radius 2 is 0.480 bits per heavy atom. The summed E-state index contributed by atoms with van der Waals surface area (Å²) in [5.74, 6) is -0.874. The van der Waals surface area contributed by atoms with Gasteiger partial charge in [0.1, 0.15) is 13.2 Å². The van der Waals surface area contributed by atoms with Gasteiger partial charge in [0.05, 0.1) is 0 Å². The summed E-state index contributed by atoms with van der Waals surface area (Å²) in [7, 11) is 0. The number of rotatable bonds is 60. The van der Waals surface area contributed by atoms with Crippen molar-refractivity contribution in [3.05, 3.63) is 60.8 Å². The van der Waals surface area contributed by atoms with Crippen molar-refractivity contribution in [3.8, 4) is 0 Å². The average molecular weight is 1050 g/mol. The molecule has 1 atom stereocenters. The largest absolute Gasteiger partial charge is 0.462 e. The van der Waals surface area contributed by atoms with Crippen LogP contribution < -0.4 is 0 Å². The molecule has 0 bridgehead atoms. The van der Waals surface area contributed by atoms with Gasteiger partial charge in [-0.15, -0.1) is 0 Å². The van der Waals surface area contributed by atoms with Gasteiger partial charge in [0.15, 0.2) is 6.10 Å². The first-order valence-corrected chi connectivity index (χ1v) is 32.8. The van der Waals surface area contributed by atoms with Gasteiger partial charge in [-0.1, -0.05) is 293 Å². The van der Waals surface area contributed by atoms with E-state index in [2.05, 4.69) is 81.5 Å². The molecule has 0 aromatic carbocycles. The predicted octanol–water partition coefficient (Wildman–Crippen LogP) is 22.3. The number of carbonyl (C=O) groups excluding carboxylic acids is 3. The summed E-state index contributed by atoms with van der Waals surface area (Å²) in [6.07, 6.45) is 80.7. The second kappa shape index (κ2) is 63.6. The molecular weight excluding hydrogens is 925 g/mol. The zero-order valence-electron chi connectivity index (χ0n) is 50.1. The third-order valence-corrected chi connectivity index (χ3v) is 14.5. The molecule has 6 nitrogen and oxygen atoms in total. The Bertz CT molecular complexity index is 1340. The molecule has 0 fully saturated rings. The summed E-state index contributed by atoms with van der Waals surface area (Å²) in [5, 5.41) is 0. The highest BCUT2D eigenvalue weighted by atomic mass is 16.6. The van der Waals surface area contributed by atoms with Gasteiger partial charge in [0.2, 0.25) is 0 Å². The lowest BCUT2D eigenvalue weighted by Crippen LogP contribution is -2.30. The van der Waals surface area contributed by atoms with Crippen LogP contribution in [0, 0.1) is 0 Å². The van der Waals surface area contributed by atoms with Crippen molar-refractivity contribution in [2.45, 2.75) is 348 Å². The van der Waals surface area contributed by atoms with Crippen LogP contribution in [0.3, 0.4) is 0 Å². The topological polar surface area (TPSA) is 78.9 Å². The highest BCUT2D eigenvalue weighted by Crippen LogP contribution is 2.17. The minimum absolute atomic E-state index is 0.0768. The quantitative estimate of drug-likeness (QED) is 0.0261. The van der Waals surface area contributed by atoms with E-state index in [0.29, 0.717) is 19.3 Å². The van der Waals surface area contributed by atoms with E-state index in [1.807, 2.05) is 0 Å². The molecule has 0 spiro atoms. The highest BCUT2D eigenvalue weighted by molar-refractivity contribution is 5.71. The van der Waals surface area contributed by atoms with E-state index in [4.69, 9.17) is 14.2 Å². The lowest BCUT2D eigenvalue weighted by molar-refractivity contribution is -0.167. The zero-order valence-corrected chi connectivity index (χ0v) is 50.1. The smallest absolute Gasteiger partial charge is 0.306 e. The second-order valence-corrected chi connectivity index (χ2v) is 22.0. The molecule has 0 aromatic rings. The standard InChI is InChI=1S/C69H124O6/c1-4-7-10-13-16-19-22-25-28-31-34-37-40-43-46-49-52-55-58-61-67(70)73-64-66(75-69(72)63-60-57-54-51-48-45-42-39-36-33-30-27-24-21-18-15-12-9-6-3)65-74-68(71)62-59-56-53-50-47-44-41-38-35-32-29-26-23-20-17-14-11-8-5-2/h16,18-19,21,25,27-28,30,34,37,66H,4-15,17,20,22-24,26,29,31-33,35-36,38-65H2,1-3H3/b19-16-,21-18-,28-25-,30-27-,37-34-. The minimum atomic E-state index is -0.782. The summed E-state index contributed by atoms with van der Waals surface area (Å²) in [5.41, 5.74) is 0. The molecule has 0 aromatic heterocycles. The van der Waals surface area contributed by atoms with Crippen LogP contribution in [-0.2, 0) is 28.6 Å². The average Bonchev–Trinajstić information content (AvgIpc) is 3.41. The van der Waals surface area contributed by atoms with Gasteiger partial charge in [0.25, 0.3) is 0 Å². The van der Waals surface area contributed by atoms with Crippen molar-refractivity contribution in [1.82, 2.24) is 0 Å². The maximum atomic E-state index is 12.9. The van der Waals surface area contributed by atoms with Crippen molar-refractivity contribution >= 4 is 17.9 Å². The molecule has 0 saturated carbocycles. The lowest BCUT2D eigenvalue weighted by atomic mass is 10.0. The van der Waals surface area contributed by atoms with E-state index in [9.17, 15) is 14.4 Å². The number of hydrogen-bond donors (Lipinski definition) is 0. The van der Waals surface area contributed by atoms with Crippen molar-refractivity contribution in [3.63, 3.8) is 0 Å². The second-order valence-electron chi connectivity index (χ2n) is 22.0. The molecule has 0 amide bonds. The molecule has 0 rings (SSSR count). The molecule has 75 heavy (non-hydrogen) atoms. The Balaban J connectivity index is 4.38. The van der Waals surface area contributed by atoms with Crippen molar-refractivity contribution < 1.29 is 28.6 Å².